The maximum absolute atomic E-state index is 13.0. The molecular formula is C15H21FN2O3S. The first-order valence-corrected chi connectivity index (χ1v) is 9.22. The van der Waals surface area contributed by atoms with Crippen LogP contribution in [0.1, 0.15) is 37.3 Å². The van der Waals surface area contributed by atoms with Crippen LogP contribution in [0.15, 0.2) is 24.3 Å². The van der Waals surface area contributed by atoms with Crippen LogP contribution in [0.25, 0.3) is 0 Å². The predicted molar refractivity (Wildman–Crippen MR) is 82.4 cm³/mol. The van der Waals surface area contributed by atoms with Crippen molar-refractivity contribution >= 4 is 15.7 Å². The van der Waals surface area contributed by atoms with Gasteiger partial charge < -0.3 is 5.73 Å². The lowest BCUT2D eigenvalue weighted by molar-refractivity contribution is -0.120. The molecule has 0 spiro atoms. The lowest BCUT2D eigenvalue weighted by Gasteiger charge is -2.31. The van der Waals surface area contributed by atoms with E-state index in [-0.39, 0.29) is 17.1 Å². The molecule has 0 saturated heterocycles. The van der Waals surface area contributed by atoms with Crippen molar-refractivity contribution in [2.75, 3.05) is 6.26 Å². The van der Waals surface area contributed by atoms with Gasteiger partial charge in [0, 0.05) is 12.3 Å². The number of hydrogen-bond acceptors (Lipinski definition) is 4. The van der Waals surface area contributed by atoms with Gasteiger partial charge in [0.1, 0.15) is 21.7 Å². The Morgan fingerprint density at radius 1 is 1.32 bits per heavy atom. The van der Waals surface area contributed by atoms with E-state index < -0.39 is 21.8 Å². The molecule has 22 heavy (non-hydrogen) atoms. The number of rotatable bonds is 5. The summed E-state index contributed by atoms with van der Waals surface area (Å²) in [6.07, 6.45) is 3.92. The molecule has 1 saturated carbocycles. The number of nitrogens with one attached hydrogen (secondary N) is 1. The molecule has 7 heteroatoms. The molecule has 0 bridgehead atoms. The largest absolute Gasteiger partial charge is 0.368 e. The Labute approximate surface area is 130 Å². The van der Waals surface area contributed by atoms with Crippen molar-refractivity contribution in [2.45, 2.75) is 43.0 Å². The van der Waals surface area contributed by atoms with E-state index in [1.54, 1.807) is 0 Å². The topological polar surface area (TPSA) is 89.3 Å². The van der Waals surface area contributed by atoms with Gasteiger partial charge >= 0.3 is 0 Å². The molecule has 1 amide bonds. The Kier molecular flexibility index (Phi) is 5.18. The molecule has 1 aliphatic carbocycles. The summed E-state index contributed by atoms with van der Waals surface area (Å²) in [4.78, 5) is 11.7. The van der Waals surface area contributed by atoms with Gasteiger partial charge in [-0.3, -0.25) is 10.1 Å². The van der Waals surface area contributed by atoms with Gasteiger partial charge in [-0.15, -0.1) is 0 Å². The second-order valence-electron chi connectivity index (χ2n) is 5.87. The minimum atomic E-state index is -3.09. The Bertz CT molecular complexity index is 631. The molecule has 0 aromatic heterocycles. The first kappa shape index (κ1) is 16.9. The minimum Gasteiger partial charge on any atom is -0.368 e. The summed E-state index contributed by atoms with van der Waals surface area (Å²) in [5, 5.41) is 2.74. The average Bonchev–Trinajstić information content (AvgIpc) is 2.45. The van der Waals surface area contributed by atoms with Gasteiger partial charge in [0.2, 0.25) is 5.91 Å². The Morgan fingerprint density at radius 2 is 1.95 bits per heavy atom. The van der Waals surface area contributed by atoms with Gasteiger partial charge in [-0.25, -0.2) is 12.8 Å². The highest BCUT2D eigenvalue weighted by Gasteiger charge is 2.31. The highest BCUT2D eigenvalue weighted by atomic mass is 32.2. The zero-order chi connectivity index (χ0) is 16.3. The van der Waals surface area contributed by atoms with Crippen molar-refractivity contribution in [1.29, 1.82) is 0 Å². The van der Waals surface area contributed by atoms with Gasteiger partial charge in [-0.05, 0) is 37.0 Å². The zero-order valence-corrected chi connectivity index (χ0v) is 13.3. The molecule has 122 valence electrons. The van der Waals surface area contributed by atoms with Crippen LogP contribution in [-0.2, 0) is 14.6 Å². The number of hydrogen-bond donors (Lipinski definition) is 2. The molecule has 1 aromatic carbocycles. The van der Waals surface area contributed by atoms with Gasteiger partial charge in [0.15, 0.2) is 0 Å². The summed E-state index contributed by atoms with van der Waals surface area (Å²) in [5.41, 5.74) is 6.01. The van der Waals surface area contributed by atoms with Crippen LogP contribution in [0.2, 0.25) is 0 Å². The number of carbonyl (C=O) groups is 1. The smallest absolute Gasteiger partial charge is 0.239 e. The minimum absolute atomic E-state index is 0.101. The predicted octanol–water partition coefficient (Wildman–Crippen LogP) is 1.30. The molecule has 3 N–H and O–H groups in total. The van der Waals surface area contributed by atoms with Crippen molar-refractivity contribution < 1.29 is 17.6 Å². The molecule has 3 unspecified atom stereocenters. The van der Waals surface area contributed by atoms with E-state index in [9.17, 15) is 17.6 Å². The SMILES string of the molecule is CS(=O)(=O)C1CCCC(NC(C(N)=O)c2ccc(F)cc2)C1. The Balaban J connectivity index is 2.11. The maximum Gasteiger partial charge on any atom is 0.239 e. The van der Waals surface area contributed by atoms with E-state index in [1.807, 2.05) is 0 Å². The van der Waals surface area contributed by atoms with E-state index in [1.165, 1.54) is 30.5 Å². The summed E-state index contributed by atoms with van der Waals surface area (Å²) in [6, 6.07) is 4.71. The van der Waals surface area contributed by atoms with E-state index in [0.717, 1.165) is 12.8 Å². The van der Waals surface area contributed by atoms with Crippen LogP contribution in [-0.4, -0.2) is 31.9 Å². The third-order valence-corrected chi connectivity index (χ3v) is 5.76. The lowest BCUT2D eigenvalue weighted by Crippen LogP contribution is -2.44. The second kappa shape index (κ2) is 6.75. The van der Waals surface area contributed by atoms with Crippen LogP contribution in [0.4, 0.5) is 4.39 Å². The summed E-state index contributed by atoms with van der Waals surface area (Å²) in [7, 11) is -3.09. The fourth-order valence-corrected chi connectivity index (χ4v) is 4.10. The molecule has 0 radical (unpaired) electrons. The summed E-state index contributed by atoms with van der Waals surface area (Å²) >= 11 is 0. The number of benzene rings is 1. The van der Waals surface area contributed by atoms with E-state index in [2.05, 4.69) is 5.32 Å². The van der Waals surface area contributed by atoms with Crippen LogP contribution < -0.4 is 11.1 Å². The monoisotopic (exact) mass is 328 g/mol. The first-order valence-electron chi connectivity index (χ1n) is 7.27. The molecule has 5 nitrogen and oxygen atoms in total. The highest BCUT2D eigenvalue weighted by molar-refractivity contribution is 7.91. The van der Waals surface area contributed by atoms with Crippen molar-refractivity contribution in [3.8, 4) is 0 Å². The van der Waals surface area contributed by atoms with Crippen molar-refractivity contribution in [3.63, 3.8) is 0 Å². The van der Waals surface area contributed by atoms with Gasteiger partial charge in [-0.1, -0.05) is 18.6 Å². The number of nitrogens with two attached hydrogens (primary N) is 1. The van der Waals surface area contributed by atoms with Crippen LogP contribution in [0.3, 0.4) is 0 Å². The van der Waals surface area contributed by atoms with Crippen molar-refractivity contribution in [2.24, 2.45) is 5.73 Å². The van der Waals surface area contributed by atoms with E-state index >= 15 is 0 Å². The van der Waals surface area contributed by atoms with Gasteiger partial charge in [0.05, 0.1) is 5.25 Å². The Hall–Kier alpha value is -1.47. The normalized spacial score (nSPS) is 23.9. The molecule has 1 aromatic rings. The number of carbonyl (C=O) groups excluding carboxylic acids is 1. The first-order chi connectivity index (χ1) is 10.3. The quantitative estimate of drug-likeness (QED) is 0.852. The number of sulfone groups is 1. The molecule has 0 heterocycles. The maximum atomic E-state index is 13.0. The zero-order valence-electron chi connectivity index (χ0n) is 12.5. The fourth-order valence-electron chi connectivity index (χ4n) is 2.92. The number of amides is 1. The third-order valence-electron chi connectivity index (χ3n) is 4.12. The number of primary amides is 1. The van der Waals surface area contributed by atoms with E-state index in [4.69, 9.17) is 5.73 Å². The molecule has 2 rings (SSSR count). The summed E-state index contributed by atoms with van der Waals surface area (Å²) < 4.78 is 36.4. The van der Waals surface area contributed by atoms with Crippen molar-refractivity contribution in [1.82, 2.24) is 5.32 Å². The molecule has 3 atom stereocenters. The highest BCUT2D eigenvalue weighted by Crippen LogP contribution is 2.26. The van der Waals surface area contributed by atoms with Crippen LogP contribution >= 0.6 is 0 Å². The van der Waals surface area contributed by atoms with Crippen molar-refractivity contribution in [3.05, 3.63) is 35.6 Å². The molecule has 1 aliphatic rings. The fraction of sp³-hybridized carbons (Fsp3) is 0.533. The third kappa shape index (κ3) is 4.27. The average molecular weight is 328 g/mol. The second-order valence-corrected chi connectivity index (χ2v) is 8.19. The number of halogens is 1. The van der Waals surface area contributed by atoms with Crippen LogP contribution in [0, 0.1) is 5.82 Å². The molecule has 1 fully saturated rings. The standard InChI is InChI=1S/C15H21FN2O3S/c1-22(20,21)13-4-2-3-12(9-13)18-14(15(17)19)10-5-7-11(16)8-6-10/h5-8,12-14,18H,2-4,9H2,1H3,(H2,17,19). The Morgan fingerprint density at radius 3 is 2.50 bits per heavy atom. The summed E-state index contributed by atoms with van der Waals surface area (Å²) in [5.74, 6) is -0.949. The van der Waals surface area contributed by atoms with Crippen LogP contribution in [0.5, 0.6) is 0 Å². The van der Waals surface area contributed by atoms with E-state index in [0.29, 0.717) is 18.4 Å². The van der Waals surface area contributed by atoms with Gasteiger partial charge in [0.25, 0.3) is 0 Å². The molecule has 0 aliphatic heterocycles. The summed E-state index contributed by atoms with van der Waals surface area (Å²) in [6.45, 7) is 0. The lowest BCUT2D eigenvalue weighted by atomic mass is 9.93. The van der Waals surface area contributed by atoms with Gasteiger partial charge in [-0.2, -0.15) is 0 Å². The molecular weight excluding hydrogens is 307 g/mol.